The molecule has 3 heterocycles. The van der Waals surface area contributed by atoms with Gasteiger partial charge in [0.15, 0.2) is 0 Å². The van der Waals surface area contributed by atoms with Gasteiger partial charge in [-0.25, -0.2) is 4.98 Å². The summed E-state index contributed by atoms with van der Waals surface area (Å²) in [5.74, 6) is -0.417. The van der Waals surface area contributed by atoms with E-state index in [9.17, 15) is 28.4 Å². The zero-order valence-corrected chi connectivity index (χ0v) is 17.0. The van der Waals surface area contributed by atoms with Gasteiger partial charge in [0.2, 0.25) is 0 Å². The lowest BCUT2D eigenvalue weighted by Crippen LogP contribution is -2.45. The van der Waals surface area contributed by atoms with E-state index in [4.69, 9.17) is 11.6 Å². The van der Waals surface area contributed by atoms with Crippen LogP contribution in [0, 0.1) is 10.1 Å². The summed E-state index contributed by atoms with van der Waals surface area (Å²) >= 11 is 5.88. The first-order chi connectivity index (χ1) is 12.9. The predicted octanol–water partition coefficient (Wildman–Crippen LogP) is 2.78. The number of aliphatic hydroxyl groups is 1. The van der Waals surface area contributed by atoms with Crippen LogP contribution in [0.25, 0.3) is 0 Å². The molecule has 0 aliphatic carbocycles. The van der Waals surface area contributed by atoms with E-state index < -0.39 is 28.2 Å². The molecule has 29 heavy (non-hydrogen) atoms. The Morgan fingerprint density at radius 1 is 1.31 bits per heavy atom. The summed E-state index contributed by atoms with van der Waals surface area (Å²) in [5.41, 5.74) is -1.14. The topological polar surface area (TPSA) is 97.3 Å². The number of hydrogen-bond donors (Lipinski definition) is 1. The lowest BCUT2D eigenvalue weighted by molar-refractivity contribution is -0.389. The zero-order chi connectivity index (χ0) is 20.7. The highest BCUT2D eigenvalue weighted by atomic mass is 35.5. The van der Waals surface area contributed by atoms with Crippen molar-refractivity contribution >= 4 is 30.9 Å². The molecule has 2 aromatic heterocycles. The molecule has 0 saturated carbocycles. The molecule has 3 rings (SSSR count). The van der Waals surface area contributed by atoms with Crippen molar-refractivity contribution in [2.75, 3.05) is 13.1 Å². The Morgan fingerprint density at radius 3 is 2.59 bits per heavy atom. The first-order valence-electron chi connectivity index (χ1n) is 8.32. The highest BCUT2D eigenvalue weighted by molar-refractivity contribution is 7.59. The molecule has 160 valence electrons. The fourth-order valence-corrected chi connectivity index (χ4v) is 3.44. The number of nitrogens with zero attached hydrogens (tertiary/aromatic N) is 5. The van der Waals surface area contributed by atoms with Gasteiger partial charge in [-0.2, -0.15) is 26.7 Å². The maximum atomic E-state index is 12.8. The van der Waals surface area contributed by atoms with Crippen LogP contribution in [0.3, 0.4) is 0 Å². The minimum Gasteiger partial charge on any atom is -0.387 e. The largest absolute Gasteiger partial charge is 0.433 e. The van der Waals surface area contributed by atoms with Crippen LogP contribution in [-0.2, 0) is 25.7 Å². The summed E-state index contributed by atoms with van der Waals surface area (Å²) in [7, 11) is 0. The minimum absolute atomic E-state index is 0. The molecule has 0 saturated heterocycles. The van der Waals surface area contributed by atoms with Crippen molar-refractivity contribution in [1.29, 1.82) is 0 Å². The maximum Gasteiger partial charge on any atom is 0.433 e. The Morgan fingerprint density at radius 2 is 2.00 bits per heavy atom. The molecule has 1 aliphatic heterocycles. The van der Waals surface area contributed by atoms with E-state index >= 15 is 0 Å². The van der Waals surface area contributed by atoms with Crippen molar-refractivity contribution in [2.24, 2.45) is 0 Å². The van der Waals surface area contributed by atoms with Crippen molar-refractivity contribution in [3.8, 4) is 0 Å². The molecule has 0 aromatic carbocycles. The van der Waals surface area contributed by atoms with Crippen LogP contribution in [0.2, 0.25) is 5.28 Å². The van der Waals surface area contributed by atoms with Crippen LogP contribution in [0.5, 0.6) is 0 Å². The van der Waals surface area contributed by atoms with Gasteiger partial charge in [-0.15, -0.1) is 0 Å². The molecular formula is C16H19ClF3N5O3S. The van der Waals surface area contributed by atoms with Crippen LogP contribution in [-0.4, -0.2) is 48.2 Å². The highest BCUT2D eigenvalue weighted by Gasteiger charge is 2.34. The second kappa shape index (κ2) is 8.46. The normalized spacial score (nSPS) is 16.6. The van der Waals surface area contributed by atoms with Crippen molar-refractivity contribution in [2.45, 2.75) is 38.2 Å². The molecule has 0 amide bonds. The molecule has 1 N–H and O–H groups in total. The summed E-state index contributed by atoms with van der Waals surface area (Å²) < 4.78 is 39.6. The monoisotopic (exact) mass is 453 g/mol. The summed E-state index contributed by atoms with van der Waals surface area (Å²) in [6, 6.07) is 2.35. The second-order valence-corrected chi connectivity index (χ2v) is 7.35. The molecule has 0 bridgehead atoms. The highest BCUT2D eigenvalue weighted by Crippen LogP contribution is 2.30. The van der Waals surface area contributed by atoms with Crippen molar-refractivity contribution in [3.63, 3.8) is 0 Å². The van der Waals surface area contributed by atoms with E-state index in [-0.39, 0.29) is 31.9 Å². The summed E-state index contributed by atoms with van der Waals surface area (Å²) in [6.07, 6.45) is -3.01. The van der Waals surface area contributed by atoms with Gasteiger partial charge in [-0.05, 0) is 40.1 Å². The Bertz CT molecular complexity index is 906. The third-order valence-corrected chi connectivity index (χ3v) is 4.70. The number of fused-ring (bicyclic) bond motifs is 1. The van der Waals surface area contributed by atoms with Gasteiger partial charge in [-0.1, -0.05) is 6.07 Å². The molecule has 1 aliphatic rings. The van der Waals surface area contributed by atoms with Crippen LogP contribution < -0.4 is 0 Å². The SMILES string of the molecule is C[C@](O)(CN1CCc2nc(C(F)(F)F)ccc2C1)Cn1cc([N+](=O)[O-])nc1Cl.S. The van der Waals surface area contributed by atoms with Gasteiger partial charge in [0.05, 0.1) is 12.1 Å². The summed E-state index contributed by atoms with van der Waals surface area (Å²) in [4.78, 5) is 19.3. The average molecular weight is 454 g/mol. The molecule has 8 nitrogen and oxygen atoms in total. The van der Waals surface area contributed by atoms with E-state index in [2.05, 4.69) is 9.97 Å². The smallest absolute Gasteiger partial charge is 0.387 e. The fraction of sp³-hybridized carbons (Fsp3) is 0.500. The third kappa shape index (κ3) is 5.59. The van der Waals surface area contributed by atoms with E-state index in [0.717, 1.165) is 12.3 Å². The average Bonchev–Trinajstić information content (AvgIpc) is 2.93. The lowest BCUT2D eigenvalue weighted by atomic mass is 10.0. The number of β-amino-alcohol motifs (C(OH)–C–C–N with tert-alkyl or cyclic N) is 1. The molecule has 2 aromatic rings. The van der Waals surface area contributed by atoms with E-state index in [0.29, 0.717) is 30.8 Å². The molecule has 0 radical (unpaired) electrons. The molecular weight excluding hydrogens is 435 g/mol. The van der Waals surface area contributed by atoms with Crippen molar-refractivity contribution in [3.05, 3.63) is 50.7 Å². The number of aromatic nitrogens is 3. The van der Waals surface area contributed by atoms with Gasteiger partial charge < -0.3 is 15.2 Å². The Kier molecular flexibility index (Phi) is 6.82. The van der Waals surface area contributed by atoms with E-state index in [1.54, 1.807) is 6.92 Å². The summed E-state index contributed by atoms with van der Waals surface area (Å²) in [6.45, 7) is 2.48. The molecule has 0 fully saturated rings. The fourth-order valence-electron chi connectivity index (χ4n) is 3.25. The minimum atomic E-state index is -4.48. The van der Waals surface area contributed by atoms with Crippen LogP contribution in [0.4, 0.5) is 19.0 Å². The number of nitro groups is 1. The van der Waals surface area contributed by atoms with Crippen LogP contribution >= 0.6 is 25.1 Å². The number of imidazole rings is 1. The van der Waals surface area contributed by atoms with Gasteiger partial charge in [0.25, 0.3) is 0 Å². The zero-order valence-electron chi connectivity index (χ0n) is 15.3. The van der Waals surface area contributed by atoms with Gasteiger partial charge in [0.1, 0.15) is 11.9 Å². The third-order valence-electron chi connectivity index (χ3n) is 4.40. The van der Waals surface area contributed by atoms with E-state index in [1.807, 2.05) is 4.90 Å². The Balaban J connectivity index is 0.00000300. The Hall–Kier alpha value is -1.89. The molecule has 0 unspecified atom stereocenters. The van der Waals surface area contributed by atoms with Crippen LogP contribution in [0.1, 0.15) is 23.9 Å². The quantitative estimate of drug-likeness (QED) is 0.552. The molecule has 0 spiro atoms. The number of halogens is 4. The number of pyridine rings is 1. The predicted molar refractivity (Wildman–Crippen MR) is 103 cm³/mol. The number of hydrogen-bond acceptors (Lipinski definition) is 6. The first kappa shape index (κ1) is 23.4. The standard InChI is InChI=1S/C16H17ClF3N5O3.H2S/c1-15(26,9-24-7-13(25(27)28)22-14(24)17)8-23-5-4-11-10(6-23)2-3-12(21-11)16(18,19)20;/h2-3,7,26H,4-6,8-9H2,1H3;1H2/t15-;/m0./s1. The van der Waals surface area contributed by atoms with Crippen molar-refractivity contribution in [1.82, 2.24) is 19.4 Å². The number of rotatable bonds is 5. The Labute approximate surface area is 175 Å². The first-order valence-corrected chi connectivity index (χ1v) is 8.70. The molecule has 1 atom stereocenters. The van der Waals surface area contributed by atoms with Crippen molar-refractivity contribution < 1.29 is 23.2 Å². The maximum absolute atomic E-state index is 12.8. The van der Waals surface area contributed by atoms with Gasteiger partial charge >= 0.3 is 17.3 Å². The second-order valence-electron chi connectivity index (χ2n) is 7.01. The summed E-state index contributed by atoms with van der Waals surface area (Å²) in [5, 5.41) is 21.4. The number of alkyl halides is 3. The van der Waals surface area contributed by atoms with Crippen LogP contribution in [0.15, 0.2) is 18.3 Å². The van der Waals surface area contributed by atoms with Gasteiger partial charge in [-0.3, -0.25) is 9.47 Å². The molecule has 13 heteroatoms. The lowest BCUT2D eigenvalue weighted by Gasteiger charge is -2.34. The van der Waals surface area contributed by atoms with Gasteiger partial charge in [0, 0.05) is 31.7 Å². The van der Waals surface area contributed by atoms with E-state index in [1.165, 1.54) is 10.6 Å².